The first-order chi connectivity index (χ1) is 13.0. The number of carbonyl (C=O) groups is 2. The number of aromatic amines is 2. The highest BCUT2D eigenvalue weighted by atomic mass is 16.4. The van der Waals surface area contributed by atoms with Crippen molar-refractivity contribution in [2.24, 2.45) is 0 Å². The molecule has 0 aliphatic heterocycles. The molecule has 4 N–H and O–H groups in total. The maximum Gasteiger partial charge on any atom is 0.326 e. The molecule has 3 rings (SSSR count). The molecule has 0 saturated carbocycles. The van der Waals surface area contributed by atoms with Gasteiger partial charge in [-0.3, -0.25) is 4.79 Å². The summed E-state index contributed by atoms with van der Waals surface area (Å²) in [5.74, 6) is -1.33. The second-order valence-electron chi connectivity index (χ2n) is 6.46. The Bertz CT molecular complexity index is 991. The standard InChI is InChI=1S/C20H21N3O4/c24-18(21-17(19(25)26)12-13-5-2-1-3-6-13)8-4-7-14-9-10-15-16(11-14)23-20(27)22-15/h1-3,5-6,9-11,17H,4,7-8,12H2,(H,21,24)(H,25,26)(H2,22,23,27)/t17-/m1/s1. The molecule has 0 aliphatic carbocycles. The number of fused-ring (bicyclic) bond motifs is 1. The van der Waals surface area contributed by atoms with E-state index in [0.29, 0.717) is 12.8 Å². The zero-order valence-electron chi connectivity index (χ0n) is 14.7. The van der Waals surface area contributed by atoms with E-state index < -0.39 is 12.0 Å². The van der Waals surface area contributed by atoms with Crippen LogP contribution in [0.1, 0.15) is 24.0 Å². The molecule has 0 aliphatic rings. The number of aryl methyl sites for hydroxylation is 1. The molecule has 1 atom stereocenters. The van der Waals surface area contributed by atoms with Crippen molar-refractivity contribution in [3.63, 3.8) is 0 Å². The molecule has 0 radical (unpaired) electrons. The predicted octanol–water partition coefficient (Wildman–Crippen LogP) is 1.99. The number of nitrogens with one attached hydrogen (secondary N) is 3. The van der Waals surface area contributed by atoms with E-state index in [2.05, 4.69) is 15.3 Å². The van der Waals surface area contributed by atoms with Crippen molar-refractivity contribution >= 4 is 22.9 Å². The van der Waals surface area contributed by atoms with Crippen LogP contribution in [0.4, 0.5) is 0 Å². The number of aromatic nitrogens is 2. The van der Waals surface area contributed by atoms with Crippen molar-refractivity contribution < 1.29 is 14.7 Å². The van der Waals surface area contributed by atoms with Gasteiger partial charge in [-0.25, -0.2) is 9.59 Å². The van der Waals surface area contributed by atoms with E-state index in [1.54, 1.807) is 0 Å². The second-order valence-corrected chi connectivity index (χ2v) is 6.46. The van der Waals surface area contributed by atoms with Gasteiger partial charge in [0.1, 0.15) is 6.04 Å². The Labute approximate surface area is 155 Å². The molecule has 0 bridgehead atoms. The summed E-state index contributed by atoms with van der Waals surface area (Å²) in [5.41, 5.74) is 3.09. The van der Waals surface area contributed by atoms with E-state index in [0.717, 1.165) is 22.2 Å². The molecule has 2 aromatic carbocycles. The third kappa shape index (κ3) is 5.07. The van der Waals surface area contributed by atoms with Crippen LogP contribution in [-0.4, -0.2) is 33.0 Å². The quantitative estimate of drug-likeness (QED) is 0.487. The highest BCUT2D eigenvalue weighted by Crippen LogP contribution is 2.12. The molecule has 0 spiro atoms. The molecule has 1 amide bonds. The third-order valence-electron chi connectivity index (χ3n) is 4.37. The normalized spacial score (nSPS) is 12.0. The average Bonchev–Trinajstić information content (AvgIpc) is 3.01. The van der Waals surface area contributed by atoms with E-state index in [4.69, 9.17) is 0 Å². The molecule has 0 saturated heterocycles. The Morgan fingerprint density at radius 3 is 2.48 bits per heavy atom. The monoisotopic (exact) mass is 367 g/mol. The van der Waals surface area contributed by atoms with Gasteiger partial charge in [0.2, 0.25) is 5.91 Å². The van der Waals surface area contributed by atoms with Crippen LogP contribution >= 0.6 is 0 Å². The summed E-state index contributed by atoms with van der Waals surface area (Å²) in [6, 6.07) is 13.9. The van der Waals surface area contributed by atoms with Crippen molar-refractivity contribution in [3.05, 3.63) is 70.1 Å². The number of amides is 1. The number of carboxylic acids is 1. The van der Waals surface area contributed by atoms with Gasteiger partial charge < -0.3 is 20.4 Å². The van der Waals surface area contributed by atoms with Gasteiger partial charge in [-0.15, -0.1) is 0 Å². The Balaban J connectivity index is 1.51. The van der Waals surface area contributed by atoms with Crippen LogP contribution in [-0.2, 0) is 22.4 Å². The average molecular weight is 367 g/mol. The minimum Gasteiger partial charge on any atom is -0.480 e. The number of H-pyrrole nitrogens is 2. The van der Waals surface area contributed by atoms with Gasteiger partial charge >= 0.3 is 11.7 Å². The van der Waals surface area contributed by atoms with Gasteiger partial charge in [-0.2, -0.15) is 0 Å². The second kappa shape index (κ2) is 8.35. The molecular formula is C20H21N3O4. The van der Waals surface area contributed by atoms with E-state index in [1.165, 1.54) is 0 Å². The maximum atomic E-state index is 12.1. The number of carbonyl (C=O) groups excluding carboxylic acids is 1. The zero-order valence-corrected chi connectivity index (χ0v) is 14.7. The highest BCUT2D eigenvalue weighted by Gasteiger charge is 2.20. The fourth-order valence-corrected chi connectivity index (χ4v) is 3.00. The summed E-state index contributed by atoms with van der Waals surface area (Å²) in [4.78, 5) is 40.2. The summed E-state index contributed by atoms with van der Waals surface area (Å²) in [6.45, 7) is 0. The Kier molecular flexibility index (Phi) is 5.71. The first-order valence-electron chi connectivity index (χ1n) is 8.78. The topological polar surface area (TPSA) is 115 Å². The summed E-state index contributed by atoms with van der Waals surface area (Å²) in [7, 11) is 0. The number of hydrogen-bond donors (Lipinski definition) is 4. The largest absolute Gasteiger partial charge is 0.480 e. The lowest BCUT2D eigenvalue weighted by molar-refractivity contribution is -0.141. The zero-order chi connectivity index (χ0) is 19.2. The molecular weight excluding hydrogens is 346 g/mol. The van der Waals surface area contributed by atoms with E-state index in [1.807, 2.05) is 48.5 Å². The first kappa shape index (κ1) is 18.4. The molecule has 7 heteroatoms. The van der Waals surface area contributed by atoms with Gasteiger partial charge in [0.05, 0.1) is 11.0 Å². The van der Waals surface area contributed by atoms with Gasteiger partial charge in [0.15, 0.2) is 0 Å². The summed E-state index contributed by atoms with van der Waals surface area (Å²) in [6.07, 6.45) is 1.73. The highest BCUT2D eigenvalue weighted by molar-refractivity contribution is 5.83. The SMILES string of the molecule is O=C(CCCc1ccc2[nH]c(=O)[nH]c2c1)N[C@H](Cc1ccccc1)C(=O)O. The van der Waals surface area contributed by atoms with Crippen LogP contribution < -0.4 is 11.0 Å². The third-order valence-corrected chi connectivity index (χ3v) is 4.37. The smallest absolute Gasteiger partial charge is 0.326 e. The van der Waals surface area contributed by atoms with E-state index >= 15 is 0 Å². The van der Waals surface area contributed by atoms with E-state index in [9.17, 15) is 19.5 Å². The van der Waals surface area contributed by atoms with Crippen molar-refractivity contribution in [3.8, 4) is 0 Å². The summed E-state index contributed by atoms with van der Waals surface area (Å²) < 4.78 is 0. The lowest BCUT2D eigenvalue weighted by atomic mass is 10.0. The van der Waals surface area contributed by atoms with Crippen LogP contribution in [0.2, 0.25) is 0 Å². The van der Waals surface area contributed by atoms with Crippen molar-refractivity contribution in [2.45, 2.75) is 31.7 Å². The number of imidazole rings is 1. The van der Waals surface area contributed by atoms with Crippen LogP contribution in [0.5, 0.6) is 0 Å². The van der Waals surface area contributed by atoms with Gasteiger partial charge in [-0.1, -0.05) is 36.4 Å². The summed E-state index contributed by atoms with van der Waals surface area (Å²) in [5, 5.41) is 11.9. The fraction of sp³-hybridized carbons (Fsp3) is 0.250. The summed E-state index contributed by atoms with van der Waals surface area (Å²) >= 11 is 0. The lowest BCUT2D eigenvalue weighted by Crippen LogP contribution is -2.42. The Morgan fingerprint density at radius 2 is 1.74 bits per heavy atom. The van der Waals surface area contributed by atoms with Gasteiger partial charge in [0.25, 0.3) is 0 Å². The van der Waals surface area contributed by atoms with Crippen molar-refractivity contribution in [1.82, 2.24) is 15.3 Å². The molecule has 1 heterocycles. The van der Waals surface area contributed by atoms with Crippen LogP contribution in [0.3, 0.4) is 0 Å². The predicted molar refractivity (Wildman–Crippen MR) is 102 cm³/mol. The lowest BCUT2D eigenvalue weighted by Gasteiger charge is -2.14. The van der Waals surface area contributed by atoms with Gasteiger partial charge in [0, 0.05) is 12.8 Å². The van der Waals surface area contributed by atoms with Crippen LogP contribution in [0.25, 0.3) is 11.0 Å². The number of carboxylic acid groups (broad SMARTS) is 1. The van der Waals surface area contributed by atoms with Gasteiger partial charge in [-0.05, 0) is 36.1 Å². The minimum atomic E-state index is -1.05. The molecule has 0 fully saturated rings. The number of hydrogen-bond acceptors (Lipinski definition) is 3. The Morgan fingerprint density at radius 1 is 1.00 bits per heavy atom. The molecule has 27 heavy (non-hydrogen) atoms. The number of benzene rings is 2. The number of rotatable bonds is 8. The van der Waals surface area contributed by atoms with Crippen LogP contribution in [0, 0.1) is 0 Å². The molecule has 0 unspecified atom stereocenters. The Hall–Kier alpha value is -3.35. The minimum absolute atomic E-state index is 0.236. The van der Waals surface area contributed by atoms with Crippen LogP contribution in [0.15, 0.2) is 53.3 Å². The van der Waals surface area contributed by atoms with Crippen molar-refractivity contribution in [2.75, 3.05) is 0 Å². The molecule has 7 nitrogen and oxygen atoms in total. The van der Waals surface area contributed by atoms with Crippen molar-refractivity contribution in [1.29, 1.82) is 0 Å². The number of aliphatic carboxylic acids is 1. The van der Waals surface area contributed by atoms with E-state index in [-0.39, 0.29) is 24.4 Å². The fourth-order valence-electron chi connectivity index (χ4n) is 3.00. The molecule has 3 aromatic rings. The maximum absolute atomic E-state index is 12.1. The molecule has 1 aromatic heterocycles. The first-order valence-corrected chi connectivity index (χ1v) is 8.78. The molecule has 140 valence electrons.